The maximum atomic E-state index is 5.46. The Bertz CT molecular complexity index is 564. The fourth-order valence-electron chi connectivity index (χ4n) is 1.89. The predicted octanol–water partition coefficient (Wildman–Crippen LogP) is 3.71. The summed E-state index contributed by atoms with van der Waals surface area (Å²) in [6.07, 6.45) is 0. The second-order valence-electron chi connectivity index (χ2n) is 4.86. The van der Waals surface area contributed by atoms with Crippen molar-refractivity contribution in [1.82, 2.24) is 9.97 Å². The molecule has 0 radical (unpaired) electrons. The fraction of sp³-hybridized carbons (Fsp3) is 0.375. The smallest absolute Gasteiger partial charge is 0.133 e. The fourth-order valence-corrected chi connectivity index (χ4v) is 1.89. The van der Waals surface area contributed by atoms with Crippen molar-refractivity contribution < 1.29 is 4.74 Å². The Balaban J connectivity index is 2.37. The van der Waals surface area contributed by atoms with Gasteiger partial charge in [0.2, 0.25) is 0 Å². The van der Waals surface area contributed by atoms with Gasteiger partial charge in [0.25, 0.3) is 0 Å². The van der Waals surface area contributed by atoms with Crippen molar-refractivity contribution in [2.45, 2.75) is 26.7 Å². The lowest BCUT2D eigenvalue weighted by Gasteiger charge is -2.10. The largest absolute Gasteiger partial charge is 0.494 e. The Morgan fingerprint density at radius 1 is 1.15 bits per heavy atom. The quantitative estimate of drug-likeness (QED) is 0.900. The molecule has 106 valence electrons. The van der Waals surface area contributed by atoms with Crippen molar-refractivity contribution in [1.29, 1.82) is 0 Å². The van der Waals surface area contributed by atoms with Gasteiger partial charge >= 0.3 is 0 Å². The predicted molar refractivity (Wildman–Crippen MR) is 82.3 cm³/mol. The lowest BCUT2D eigenvalue weighted by Crippen LogP contribution is -2.03. The average Bonchev–Trinajstić information content (AvgIpc) is 2.47. The molecule has 0 aliphatic rings. The molecule has 4 heteroatoms. The van der Waals surface area contributed by atoms with Crippen LogP contribution in [0.4, 0.5) is 5.82 Å². The second kappa shape index (κ2) is 6.37. The van der Waals surface area contributed by atoms with Gasteiger partial charge in [-0.2, -0.15) is 0 Å². The number of nitrogens with one attached hydrogen (secondary N) is 1. The number of rotatable bonds is 5. The van der Waals surface area contributed by atoms with Crippen LogP contribution in [-0.4, -0.2) is 23.6 Å². The molecular formula is C16H21N3O. The highest BCUT2D eigenvalue weighted by Crippen LogP contribution is 2.24. The normalized spacial score (nSPS) is 10.7. The summed E-state index contributed by atoms with van der Waals surface area (Å²) in [4.78, 5) is 9.11. The third-order valence-corrected chi connectivity index (χ3v) is 2.98. The first kappa shape index (κ1) is 14.3. The molecule has 1 heterocycles. The van der Waals surface area contributed by atoms with Crippen LogP contribution in [-0.2, 0) is 0 Å². The van der Waals surface area contributed by atoms with Gasteiger partial charge in [0.05, 0.1) is 12.3 Å². The standard InChI is InChI=1S/C16H21N3O/c1-5-20-13-8-6-12(7-9-13)14-10-15(17-4)19-16(18-14)11(2)3/h6-11H,5H2,1-4H3,(H,17,18,19). The summed E-state index contributed by atoms with van der Waals surface area (Å²) in [6.45, 7) is 6.84. The van der Waals surface area contributed by atoms with Gasteiger partial charge in [-0.1, -0.05) is 13.8 Å². The average molecular weight is 271 g/mol. The summed E-state index contributed by atoms with van der Waals surface area (Å²) in [6, 6.07) is 9.94. The number of hydrogen-bond acceptors (Lipinski definition) is 4. The molecule has 0 fully saturated rings. The van der Waals surface area contributed by atoms with Gasteiger partial charge in [-0.3, -0.25) is 0 Å². The molecule has 0 aliphatic carbocycles. The van der Waals surface area contributed by atoms with E-state index in [4.69, 9.17) is 4.74 Å². The van der Waals surface area contributed by atoms with Crippen LogP contribution in [0.2, 0.25) is 0 Å². The molecule has 0 saturated heterocycles. The minimum absolute atomic E-state index is 0.296. The lowest BCUT2D eigenvalue weighted by atomic mass is 10.1. The van der Waals surface area contributed by atoms with E-state index < -0.39 is 0 Å². The van der Waals surface area contributed by atoms with E-state index in [1.807, 2.05) is 44.3 Å². The van der Waals surface area contributed by atoms with Gasteiger partial charge in [-0.05, 0) is 31.2 Å². The number of hydrogen-bond donors (Lipinski definition) is 1. The van der Waals surface area contributed by atoms with Crippen molar-refractivity contribution in [3.63, 3.8) is 0 Å². The molecule has 0 spiro atoms. The van der Waals surface area contributed by atoms with Crippen molar-refractivity contribution >= 4 is 5.82 Å². The molecule has 2 aromatic rings. The number of anilines is 1. The van der Waals surface area contributed by atoms with Crippen LogP contribution in [0.3, 0.4) is 0 Å². The maximum Gasteiger partial charge on any atom is 0.133 e. The number of aromatic nitrogens is 2. The van der Waals surface area contributed by atoms with E-state index in [1.165, 1.54) is 0 Å². The lowest BCUT2D eigenvalue weighted by molar-refractivity contribution is 0.340. The van der Waals surface area contributed by atoms with Crippen LogP contribution in [0.5, 0.6) is 5.75 Å². The highest BCUT2D eigenvalue weighted by Gasteiger charge is 2.09. The molecule has 0 saturated carbocycles. The van der Waals surface area contributed by atoms with E-state index in [0.29, 0.717) is 12.5 Å². The topological polar surface area (TPSA) is 47.0 Å². The molecule has 20 heavy (non-hydrogen) atoms. The van der Waals surface area contributed by atoms with Crippen LogP contribution in [0.15, 0.2) is 30.3 Å². The van der Waals surface area contributed by atoms with Gasteiger partial charge in [-0.15, -0.1) is 0 Å². The first-order valence-corrected chi connectivity index (χ1v) is 6.94. The van der Waals surface area contributed by atoms with E-state index >= 15 is 0 Å². The van der Waals surface area contributed by atoms with Gasteiger partial charge < -0.3 is 10.1 Å². The van der Waals surface area contributed by atoms with Gasteiger partial charge in [0.1, 0.15) is 17.4 Å². The third-order valence-electron chi connectivity index (χ3n) is 2.98. The summed E-state index contributed by atoms with van der Waals surface area (Å²) in [5.41, 5.74) is 1.99. The van der Waals surface area contributed by atoms with Crippen molar-refractivity contribution in [3.05, 3.63) is 36.2 Å². The molecule has 1 aromatic heterocycles. The van der Waals surface area contributed by atoms with Crippen LogP contribution < -0.4 is 10.1 Å². The zero-order chi connectivity index (χ0) is 14.5. The third kappa shape index (κ3) is 3.26. The van der Waals surface area contributed by atoms with Crippen molar-refractivity contribution in [2.75, 3.05) is 19.0 Å². The molecule has 0 bridgehead atoms. The van der Waals surface area contributed by atoms with Crippen LogP contribution in [0.1, 0.15) is 32.5 Å². The van der Waals surface area contributed by atoms with Gasteiger partial charge in [0, 0.05) is 24.6 Å². The number of benzene rings is 1. The highest BCUT2D eigenvalue weighted by atomic mass is 16.5. The number of nitrogens with zero attached hydrogens (tertiary/aromatic N) is 2. The van der Waals surface area contributed by atoms with E-state index in [9.17, 15) is 0 Å². The minimum Gasteiger partial charge on any atom is -0.494 e. The number of ether oxygens (including phenoxy) is 1. The Morgan fingerprint density at radius 2 is 1.85 bits per heavy atom. The van der Waals surface area contributed by atoms with Gasteiger partial charge in [0.15, 0.2) is 0 Å². The zero-order valence-electron chi connectivity index (χ0n) is 12.5. The Morgan fingerprint density at radius 3 is 2.40 bits per heavy atom. The molecule has 4 nitrogen and oxygen atoms in total. The second-order valence-corrected chi connectivity index (χ2v) is 4.86. The van der Waals surface area contributed by atoms with E-state index in [-0.39, 0.29) is 0 Å². The summed E-state index contributed by atoms with van der Waals surface area (Å²) < 4.78 is 5.46. The van der Waals surface area contributed by atoms with Crippen molar-refractivity contribution in [2.24, 2.45) is 0 Å². The Hall–Kier alpha value is -2.10. The zero-order valence-corrected chi connectivity index (χ0v) is 12.5. The summed E-state index contributed by atoms with van der Waals surface area (Å²) in [7, 11) is 1.87. The molecule has 0 unspecified atom stereocenters. The monoisotopic (exact) mass is 271 g/mol. The van der Waals surface area contributed by atoms with Gasteiger partial charge in [-0.25, -0.2) is 9.97 Å². The highest BCUT2D eigenvalue weighted by molar-refractivity contribution is 5.63. The maximum absolute atomic E-state index is 5.46. The summed E-state index contributed by atoms with van der Waals surface area (Å²) in [5, 5.41) is 3.09. The molecule has 0 atom stereocenters. The molecule has 1 aromatic carbocycles. The Kier molecular flexibility index (Phi) is 4.56. The minimum atomic E-state index is 0.296. The molecule has 0 aliphatic heterocycles. The first-order chi connectivity index (χ1) is 9.63. The SMILES string of the molecule is CCOc1ccc(-c2cc(NC)nc(C(C)C)n2)cc1. The van der Waals surface area contributed by atoms with E-state index in [2.05, 4.69) is 29.1 Å². The molecule has 0 amide bonds. The Labute approximate surface area is 120 Å². The van der Waals surface area contributed by atoms with Crippen LogP contribution >= 0.6 is 0 Å². The van der Waals surface area contributed by atoms with E-state index in [1.54, 1.807) is 0 Å². The van der Waals surface area contributed by atoms with Crippen molar-refractivity contribution in [3.8, 4) is 17.0 Å². The van der Waals surface area contributed by atoms with E-state index in [0.717, 1.165) is 28.6 Å². The summed E-state index contributed by atoms with van der Waals surface area (Å²) in [5.74, 6) is 2.86. The summed E-state index contributed by atoms with van der Waals surface area (Å²) >= 11 is 0. The molecule has 2 rings (SSSR count). The van der Waals surface area contributed by atoms with Crippen LogP contribution in [0.25, 0.3) is 11.3 Å². The van der Waals surface area contributed by atoms with Crippen LogP contribution in [0, 0.1) is 0 Å². The first-order valence-electron chi connectivity index (χ1n) is 6.94. The molecule has 1 N–H and O–H groups in total. The molecular weight excluding hydrogens is 250 g/mol.